The minimum absolute atomic E-state index is 0.173. The molecule has 2 amide bonds. The Morgan fingerprint density at radius 1 is 1.23 bits per heavy atom. The van der Waals surface area contributed by atoms with Crippen molar-refractivity contribution in [3.63, 3.8) is 0 Å². The van der Waals surface area contributed by atoms with Gasteiger partial charge in [-0.05, 0) is 24.7 Å². The summed E-state index contributed by atoms with van der Waals surface area (Å²) in [6.07, 6.45) is 2.02. The first kappa shape index (κ1) is 24.6. The molecule has 1 fully saturated rings. The molecule has 11 heteroatoms. The molecule has 2 aromatic rings. The summed E-state index contributed by atoms with van der Waals surface area (Å²) in [5.74, 6) is 0.770. The Balaban J connectivity index is 1.53. The van der Waals surface area contributed by atoms with E-state index in [0.29, 0.717) is 44.2 Å². The van der Waals surface area contributed by atoms with Gasteiger partial charge in [-0.1, -0.05) is 42.1 Å². The van der Waals surface area contributed by atoms with Crippen molar-refractivity contribution < 1.29 is 19.4 Å². The van der Waals surface area contributed by atoms with Crippen LogP contribution in [-0.2, 0) is 24.3 Å². The van der Waals surface area contributed by atoms with Crippen LogP contribution in [0.4, 0.5) is 15.4 Å². The fourth-order valence-electron chi connectivity index (χ4n) is 4.47. The normalized spacial score (nSPS) is 17.8. The number of fused-ring (bicyclic) bond motifs is 1. The number of benzene rings is 1. The zero-order valence-corrected chi connectivity index (χ0v) is 20.4. The number of hydrogen-bond acceptors (Lipinski definition) is 8. The van der Waals surface area contributed by atoms with Crippen LogP contribution >= 0.6 is 11.8 Å². The molecule has 1 atom stereocenters. The van der Waals surface area contributed by atoms with Gasteiger partial charge < -0.3 is 24.5 Å². The highest BCUT2D eigenvalue weighted by atomic mass is 32.2. The van der Waals surface area contributed by atoms with Gasteiger partial charge in [0.2, 0.25) is 0 Å². The summed E-state index contributed by atoms with van der Waals surface area (Å²) in [5.41, 5.74) is 2.57. The molecule has 0 radical (unpaired) electrons. The van der Waals surface area contributed by atoms with Crippen molar-refractivity contribution >= 4 is 29.8 Å². The van der Waals surface area contributed by atoms with E-state index in [2.05, 4.69) is 16.0 Å². The molecule has 4 rings (SSSR count). The van der Waals surface area contributed by atoms with Gasteiger partial charge in [0, 0.05) is 31.7 Å². The van der Waals surface area contributed by atoms with Crippen molar-refractivity contribution in [3.8, 4) is 6.07 Å². The molecule has 0 unspecified atom stereocenters. The standard InChI is InChI=1S/C24H28N6O4S/c1-35-22-26-20-15-29(23(31)32)11-5-8-19(20)21(27-22)28-12-13-30(18(14-28)9-10-25)24(33)34-16-17-6-3-2-4-7-17/h2-4,6-7,18H,5,8-9,11-16H2,1H3,(H,31,32)/t18-/m0/s1. The van der Waals surface area contributed by atoms with Crippen LogP contribution in [0.15, 0.2) is 35.5 Å². The lowest BCUT2D eigenvalue weighted by molar-refractivity contribution is 0.0767. The van der Waals surface area contributed by atoms with Crippen molar-refractivity contribution in [3.05, 3.63) is 47.2 Å². The van der Waals surface area contributed by atoms with Crippen molar-refractivity contribution in [2.75, 3.05) is 37.3 Å². The van der Waals surface area contributed by atoms with E-state index in [1.165, 1.54) is 16.7 Å². The molecule has 0 aliphatic carbocycles. The molecule has 0 spiro atoms. The first-order valence-electron chi connectivity index (χ1n) is 11.5. The summed E-state index contributed by atoms with van der Waals surface area (Å²) in [6, 6.07) is 11.3. The molecule has 0 bridgehead atoms. The summed E-state index contributed by atoms with van der Waals surface area (Å²) >= 11 is 1.41. The van der Waals surface area contributed by atoms with Crippen LogP contribution in [-0.4, -0.2) is 75.5 Å². The Morgan fingerprint density at radius 2 is 2.03 bits per heavy atom. The molecule has 35 heavy (non-hydrogen) atoms. The Labute approximate surface area is 208 Å². The molecule has 184 valence electrons. The number of carbonyl (C=O) groups is 2. The van der Waals surface area contributed by atoms with Crippen molar-refractivity contribution in [1.29, 1.82) is 5.26 Å². The first-order chi connectivity index (χ1) is 17.0. The van der Waals surface area contributed by atoms with E-state index in [-0.39, 0.29) is 25.6 Å². The van der Waals surface area contributed by atoms with Gasteiger partial charge in [-0.2, -0.15) is 5.26 Å². The lowest BCUT2D eigenvalue weighted by Crippen LogP contribution is -2.55. The quantitative estimate of drug-likeness (QED) is 0.490. The molecule has 2 aliphatic rings. The van der Waals surface area contributed by atoms with E-state index in [0.717, 1.165) is 22.6 Å². The molecule has 0 saturated carbocycles. The minimum atomic E-state index is -0.958. The SMILES string of the molecule is CSc1nc2c(c(N3CCN(C(=O)OCc4ccccc4)[C@@H](CC#N)C3)n1)CCCN(C(=O)O)C2. The van der Waals surface area contributed by atoms with Gasteiger partial charge in [0.05, 0.1) is 30.8 Å². The van der Waals surface area contributed by atoms with Crippen LogP contribution in [0, 0.1) is 11.3 Å². The van der Waals surface area contributed by atoms with Crippen LogP contribution in [0.3, 0.4) is 0 Å². The molecule has 3 heterocycles. The number of carbonyl (C=O) groups excluding carboxylic acids is 1. The van der Waals surface area contributed by atoms with Crippen molar-refractivity contribution in [2.45, 2.75) is 43.6 Å². The molecule has 1 aromatic carbocycles. The molecular formula is C24H28N6O4S. The first-order valence-corrected chi connectivity index (χ1v) is 12.7. The maximum atomic E-state index is 12.9. The topological polar surface area (TPSA) is 123 Å². The highest BCUT2D eigenvalue weighted by molar-refractivity contribution is 7.98. The highest BCUT2D eigenvalue weighted by Crippen LogP contribution is 2.30. The third kappa shape index (κ3) is 5.77. The summed E-state index contributed by atoms with van der Waals surface area (Å²) < 4.78 is 5.53. The number of carboxylic acid groups (broad SMARTS) is 1. The number of nitriles is 1. The summed E-state index contributed by atoms with van der Waals surface area (Å²) in [7, 11) is 0. The van der Waals surface area contributed by atoms with Crippen molar-refractivity contribution in [2.24, 2.45) is 0 Å². The number of anilines is 1. The van der Waals surface area contributed by atoms with Crippen molar-refractivity contribution in [1.82, 2.24) is 19.8 Å². The second kappa shape index (κ2) is 11.3. The lowest BCUT2D eigenvalue weighted by atomic mass is 10.1. The summed E-state index contributed by atoms with van der Waals surface area (Å²) in [4.78, 5) is 39.0. The van der Waals surface area contributed by atoms with E-state index >= 15 is 0 Å². The molecule has 1 N–H and O–H groups in total. The van der Waals surface area contributed by atoms with E-state index in [1.54, 1.807) is 4.90 Å². The Bertz CT molecular complexity index is 1110. The predicted molar refractivity (Wildman–Crippen MR) is 130 cm³/mol. The smallest absolute Gasteiger partial charge is 0.410 e. The van der Waals surface area contributed by atoms with Crippen LogP contribution in [0.25, 0.3) is 0 Å². The average Bonchev–Trinajstić information content (AvgIpc) is 3.10. The number of hydrogen-bond donors (Lipinski definition) is 1. The maximum Gasteiger partial charge on any atom is 0.410 e. The maximum absolute atomic E-state index is 12.9. The summed E-state index contributed by atoms with van der Waals surface area (Å²) in [5, 5.41) is 19.5. The lowest BCUT2D eigenvalue weighted by Gasteiger charge is -2.41. The molecule has 10 nitrogen and oxygen atoms in total. The molecular weight excluding hydrogens is 468 g/mol. The zero-order chi connectivity index (χ0) is 24.8. The Hall–Kier alpha value is -3.52. The van der Waals surface area contributed by atoms with Gasteiger partial charge in [-0.15, -0.1) is 0 Å². The average molecular weight is 497 g/mol. The number of piperazine rings is 1. The summed E-state index contributed by atoms with van der Waals surface area (Å²) in [6.45, 7) is 2.21. The second-order valence-corrected chi connectivity index (χ2v) is 9.24. The highest BCUT2D eigenvalue weighted by Gasteiger charge is 2.34. The molecule has 1 aromatic heterocycles. The molecule has 2 aliphatic heterocycles. The largest absolute Gasteiger partial charge is 0.465 e. The minimum Gasteiger partial charge on any atom is -0.465 e. The van der Waals surface area contributed by atoms with Gasteiger partial charge in [0.1, 0.15) is 12.4 Å². The van der Waals surface area contributed by atoms with E-state index in [9.17, 15) is 20.0 Å². The number of aromatic nitrogens is 2. The zero-order valence-electron chi connectivity index (χ0n) is 19.6. The van der Waals surface area contributed by atoms with Gasteiger partial charge in [-0.25, -0.2) is 19.6 Å². The van der Waals surface area contributed by atoms with Gasteiger partial charge >= 0.3 is 12.2 Å². The number of thioether (sulfide) groups is 1. The Kier molecular flexibility index (Phi) is 7.92. The van der Waals surface area contributed by atoms with E-state index in [1.807, 2.05) is 36.6 Å². The fraction of sp³-hybridized carbons (Fsp3) is 0.458. The number of ether oxygens (including phenoxy) is 1. The van der Waals surface area contributed by atoms with Gasteiger partial charge in [-0.3, -0.25) is 0 Å². The number of amides is 2. The van der Waals surface area contributed by atoms with Crippen LogP contribution in [0.5, 0.6) is 0 Å². The third-order valence-electron chi connectivity index (χ3n) is 6.25. The third-order valence-corrected chi connectivity index (χ3v) is 6.80. The van der Waals surface area contributed by atoms with Crippen LogP contribution < -0.4 is 4.90 Å². The Morgan fingerprint density at radius 3 is 2.74 bits per heavy atom. The monoisotopic (exact) mass is 496 g/mol. The van der Waals surface area contributed by atoms with Crippen LogP contribution in [0.2, 0.25) is 0 Å². The number of rotatable bonds is 5. The molecule has 1 saturated heterocycles. The van der Waals surface area contributed by atoms with E-state index < -0.39 is 12.2 Å². The van der Waals surface area contributed by atoms with E-state index in [4.69, 9.17) is 9.72 Å². The van der Waals surface area contributed by atoms with Gasteiger partial charge in [0.25, 0.3) is 0 Å². The van der Waals surface area contributed by atoms with Gasteiger partial charge in [0.15, 0.2) is 5.16 Å². The fourth-order valence-corrected chi connectivity index (χ4v) is 4.85. The van der Waals surface area contributed by atoms with Crippen LogP contribution in [0.1, 0.15) is 29.7 Å². The second-order valence-electron chi connectivity index (χ2n) is 8.46. The predicted octanol–water partition coefficient (Wildman–Crippen LogP) is 3.37. The number of nitrogens with zero attached hydrogens (tertiary/aromatic N) is 6.